The van der Waals surface area contributed by atoms with Gasteiger partial charge in [0.25, 0.3) is 0 Å². The van der Waals surface area contributed by atoms with Crippen LogP contribution in [0.4, 0.5) is 0 Å². The Balaban J connectivity index is 1.76. The number of aromatic nitrogens is 1. The van der Waals surface area contributed by atoms with Crippen LogP contribution in [0.15, 0.2) is 52.9 Å². The van der Waals surface area contributed by atoms with Gasteiger partial charge in [0.1, 0.15) is 11.5 Å². The van der Waals surface area contributed by atoms with Crippen molar-refractivity contribution in [3.05, 3.63) is 71.1 Å². The van der Waals surface area contributed by atoms with Gasteiger partial charge in [-0.25, -0.2) is 4.98 Å². The van der Waals surface area contributed by atoms with Gasteiger partial charge in [0.15, 0.2) is 0 Å². The number of oxazole rings is 1. The van der Waals surface area contributed by atoms with E-state index in [1.54, 1.807) is 7.11 Å². The van der Waals surface area contributed by atoms with Gasteiger partial charge < -0.3 is 9.15 Å². The van der Waals surface area contributed by atoms with Crippen LogP contribution in [-0.4, -0.2) is 16.3 Å². The van der Waals surface area contributed by atoms with Gasteiger partial charge in [0.05, 0.1) is 24.3 Å². The zero-order chi connectivity index (χ0) is 17.8. The van der Waals surface area contributed by atoms with Crippen LogP contribution in [-0.2, 0) is 22.3 Å². The molecule has 25 heavy (non-hydrogen) atoms. The van der Waals surface area contributed by atoms with Gasteiger partial charge in [-0.05, 0) is 32.0 Å². The van der Waals surface area contributed by atoms with E-state index < -0.39 is 10.8 Å². The molecule has 0 aliphatic carbocycles. The SMILES string of the molecule is COc1ccc(C)cc1CS(=O)Cc1nc(-c2ccccc2)oc1C. The third-order valence-electron chi connectivity index (χ3n) is 3.96. The van der Waals surface area contributed by atoms with Gasteiger partial charge in [-0.1, -0.05) is 35.9 Å². The lowest BCUT2D eigenvalue weighted by Crippen LogP contribution is -2.03. The summed E-state index contributed by atoms with van der Waals surface area (Å²) < 4.78 is 23.7. The molecule has 3 rings (SSSR count). The Hall–Kier alpha value is -2.40. The standard InChI is InChI=1S/C20H21NO3S/c1-14-9-10-19(23-3)17(11-14)12-25(22)13-18-15(2)24-20(21-18)16-7-5-4-6-8-16/h4-11H,12-13H2,1-3H3. The Bertz CT molecular complexity index is 887. The summed E-state index contributed by atoms with van der Waals surface area (Å²) in [6.07, 6.45) is 0. The summed E-state index contributed by atoms with van der Waals surface area (Å²) in [5.41, 5.74) is 3.73. The van der Waals surface area contributed by atoms with E-state index in [0.717, 1.165) is 28.1 Å². The van der Waals surface area contributed by atoms with Crippen molar-refractivity contribution in [3.8, 4) is 17.2 Å². The Morgan fingerprint density at radius 3 is 2.56 bits per heavy atom. The Morgan fingerprint density at radius 1 is 1.08 bits per heavy atom. The van der Waals surface area contributed by atoms with E-state index in [9.17, 15) is 4.21 Å². The van der Waals surface area contributed by atoms with Crippen LogP contribution in [0.25, 0.3) is 11.5 Å². The predicted octanol–water partition coefficient (Wildman–Crippen LogP) is 4.42. The monoisotopic (exact) mass is 355 g/mol. The lowest BCUT2D eigenvalue weighted by atomic mass is 10.1. The molecule has 0 spiro atoms. The summed E-state index contributed by atoms with van der Waals surface area (Å²) in [5, 5.41) is 0. The Morgan fingerprint density at radius 2 is 1.84 bits per heavy atom. The topological polar surface area (TPSA) is 52.3 Å². The molecular weight excluding hydrogens is 334 g/mol. The Kier molecular flexibility index (Phi) is 5.34. The number of hydrogen-bond donors (Lipinski definition) is 0. The lowest BCUT2D eigenvalue weighted by Gasteiger charge is -2.09. The number of aryl methyl sites for hydroxylation is 2. The molecule has 0 fully saturated rings. The van der Waals surface area contributed by atoms with Crippen LogP contribution in [0.1, 0.15) is 22.6 Å². The second-order valence-corrected chi connectivity index (χ2v) is 7.39. The average Bonchev–Trinajstić information content (AvgIpc) is 2.96. The number of nitrogens with zero attached hydrogens (tertiary/aromatic N) is 1. The number of rotatable bonds is 6. The molecule has 1 heterocycles. The van der Waals surface area contributed by atoms with Gasteiger partial charge in [0, 0.05) is 21.9 Å². The van der Waals surface area contributed by atoms with E-state index in [2.05, 4.69) is 4.98 Å². The van der Waals surface area contributed by atoms with Crippen LogP contribution in [0.3, 0.4) is 0 Å². The fourth-order valence-electron chi connectivity index (χ4n) is 2.66. The van der Waals surface area contributed by atoms with E-state index in [4.69, 9.17) is 9.15 Å². The average molecular weight is 355 g/mol. The van der Waals surface area contributed by atoms with Crippen LogP contribution in [0.5, 0.6) is 5.75 Å². The fraction of sp³-hybridized carbons (Fsp3) is 0.250. The van der Waals surface area contributed by atoms with Gasteiger partial charge in [-0.15, -0.1) is 0 Å². The molecule has 4 nitrogen and oxygen atoms in total. The molecule has 0 saturated heterocycles. The third kappa shape index (κ3) is 4.17. The maximum absolute atomic E-state index is 12.6. The first-order chi connectivity index (χ1) is 12.1. The molecule has 130 valence electrons. The normalized spacial score (nSPS) is 12.1. The van der Waals surface area contributed by atoms with Crippen molar-refractivity contribution in [2.45, 2.75) is 25.4 Å². The summed E-state index contributed by atoms with van der Waals surface area (Å²) in [7, 11) is 0.532. The van der Waals surface area contributed by atoms with Crippen molar-refractivity contribution in [3.63, 3.8) is 0 Å². The number of benzene rings is 2. The van der Waals surface area contributed by atoms with Crippen molar-refractivity contribution in [2.24, 2.45) is 0 Å². The van der Waals surface area contributed by atoms with E-state index in [1.165, 1.54) is 0 Å². The molecule has 0 N–H and O–H groups in total. The van der Waals surface area contributed by atoms with Crippen molar-refractivity contribution in [1.82, 2.24) is 4.98 Å². The smallest absolute Gasteiger partial charge is 0.226 e. The number of ether oxygens (including phenoxy) is 1. The molecule has 0 saturated carbocycles. The maximum atomic E-state index is 12.6. The first-order valence-corrected chi connectivity index (χ1v) is 9.56. The molecule has 0 aliphatic rings. The molecule has 1 aromatic heterocycles. The quantitative estimate of drug-likeness (QED) is 0.657. The summed E-state index contributed by atoms with van der Waals surface area (Å²) in [6, 6.07) is 15.6. The van der Waals surface area contributed by atoms with Crippen molar-refractivity contribution in [2.75, 3.05) is 7.11 Å². The molecule has 0 bridgehead atoms. The molecule has 0 amide bonds. The van der Waals surface area contributed by atoms with E-state index in [0.29, 0.717) is 23.2 Å². The fourth-order valence-corrected chi connectivity index (χ4v) is 3.91. The zero-order valence-electron chi connectivity index (χ0n) is 14.6. The zero-order valence-corrected chi connectivity index (χ0v) is 15.4. The predicted molar refractivity (Wildman–Crippen MR) is 100.0 cm³/mol. The number of hydrogen-bond acceptors (Lipinski definition) is 4. The van der Waals surface area contributed by atoms with E-state index in [-0.39, 0.29) is 0 Å². The van der Waals surface area contributed by atoms with Crippen LogP contribution in [0, 0.1) is 13.8 Å². The highest BCUT2D eigenvalue weighted by Gasteiger charge is 2.15. The van der Waals surface area contributed by atoms with Crippen LogP contribution >= 0.6 is 0 Å². The van der Waals surface area contributed by atoms with Crippen molar-refractivity contribution < 1.29 is 13.4 Å². The molecule has 5 heteroatoms. The van der Waals surface area contributed by atoms with Crippen molar-refractivity contribution in [1.29, 1.82) is 0 Å². The maximum Gasteiger partial charge on any atom is 0.226 e. The van der Waals surface area contributed by atoms with Crippen molar-refractivity contribution >= 4 is 10.8 Å². The Labute approximate surface area is 150 Å². The summed E-state index contributed by atoms with van der Waals surface area (Å²) >= 11 is 0. The lowest BCUT2D eigenvalue weighted by molar-refractivity contribution is 0.411. The minimum atomic E-state index is -1.10. The van der Waals surface area contributed by atoms with Gasteiger partial charge in [-0.3, -0.25) is 4.21 Å². The minimum absolute atomic E-state index is 0.360. The molecule has 1 unspecified atom stereocenters. The minimum Gasteiger partial charge on any atom is -0.496 e. The highest BCUT2D eigenvalue weighted by Crippen LogP contribution is 2.25. The van der Waals surface area contributed by atoms with E-state index in [1.807, 2.05) is 62.4 Å². The molecular formula is C20H21NO3S. The van der Waals surface area contributed by atoms with Gasteiger partial charge in [0.2, 0.25) is 5.89 Å². The van der Waals surface area contributed by atoms with E-state index >= 15 is 0 Å². The summed E-state index contributed by atoms with van der Waals surface area (Å²) in [4.78, 5) is 4.53. The first kappa shape index (κ1) is 17.4. The summed E-state index contributed by atoms with van der Waals surface area (Å²) in [5.74, 6) is 2.83. The van der Waals surface area contributed by atoms with Crippen LogP contribution in [0.2, 0.25) is 0 Å². The second kappa shape index (κ2) is 7.66. The molecule has 0 aliphatic heterocycles. The highest BCUT2D eigenvalue weighted by molar-refractivity contribution is 7.83. The number of methoxy groups -OCH3 is 1. The van der Waals surface area contributed by atoms with Gasteiger partial charge in [-0.2, -0.15) is 0 Å². The summed E-state index contributed by atoms with van der Waals surface area (Å²) in [6.45, 7) is 3.87. The molecule has 0 radical (unpaired) electrons. The molecule has 2 aromatic carbocycles. The second-order valence-electron chi connectivity index (χ2n) is 5.93. The molecule has 1 atom stereocenters. The largest absolute Gasteiger partial charge is 0.496 e. The van der Waals surface area contributed by atoms with Crippen LogP contribution < -0.4 is 4.74 Å². The van der Waals surface area contributed by atoms with Gasteiger partial charge >= 0.3 is 0 Å². The molecule has 3 aromatic rings. The third-order valence-corrected chi connectivity index (χ3v) is 5.19. The first-order valence-electron chi connectivity index (χ1n) is 8.07. The highest BCUT2D eigenvalue weighted by atomic mass is 32.2.